The van der Waals surface area contributed by atoms with E-state index in [0.29, 0.717) is 22.8 Å². The fourth-order valence-corrected chi connectivity index (χ4v) is 2.57. The van der Waals surface area contributed by atoms with Crippen molar-refractivity contribution in [2.75, 3.05) is 11.9 Å². The first-order valence-electron chi connectivity index (χ1n) is 8.15. The van der Waals surface area contributed by atoms with Gasteiger partial charge in [0.15, 0.2) is 0 Å². The molecule has 0 saturated heterocycles. The van der Waals surface area contributed by atoms with Gasteiger partial charge in [-0.3, -0.25) is 14.7 Å². The number of rotatable bonds is 7. The van der Waals surface area contributed by atoms with Gasteiger partial charge in [-0.05, 0) is 42.5 Å². The Labute approximate surface area is 164 Å². The molecule has 0 spiro atoms. The number of ether oxygens (including phenoxy) is 1. The van der Waals surface area contributed by atoms with Gasteiger partial charge < -0.3 is 15.8 Å². The molecule has 0 atom stereocenters. The fraction of sp³-hybridized carbons (Fsp3) is 0.105. The minimum atomic E-state index is -0.416. The van der Waals surface area contributed by atoms with Crippen LogP contribution in [0.15, 0.2) is 59.1 Å². The standard InChI is InChI=1S/C19H17BrN4O3/c20-13-3-1-12(2-4-13)16-11-17(24-23-16)19(26)22-14-5-7-15(8-6-14)27-10-9-18(21)25/h1-8,11H,9-10H2,(H2,21,25)(H,22,26)(H,23,24). The highest BCUT2D eigenvalue weighted by molar-refractivity contribution is 9.10. The first-order chi connectivity index (χ1) is 13.0. The molecule has 3 aromatic rings. The Morgan fingerprint density at radius 1 is 1.11 bits per heavy atom. The Bertz CT molecular complexity index is 936. The number of hydrogen-bond donors (Lipinski definition) is 3. The Balaban J connectivity index is 1.60. The third kappa shape index (κ3) is 5.18. The van der Waals surface area contributed by atoms with Crippen molar-refractivity contribution in [3.63, 3.8) is 0 Å². The molecule has 2 aromatic carbocycles. The SMILES string of the molecule is NC(=O)CCOc1ccc(NC(=O)c2cc(-c3ccc(Br)cc3)n[nH]2)cc1. The quantitative estimate of drug-likeness (QED) is 0.535. The number of carbonyl (C=O) groups is 2. The maximum absolute atomic E-state index is 12.4. The van der Waals surface area contributed by atoms with E-state index in [1.165, 1.54) is 0 Å². The first-order valence-corrected chi connectivity index (χ1v) is 8.94. The van der Waals surface area contributed by atoms with Gasteiger partial charge in [0, 0.05) is 15.7 Å². The predicted molar refractivity (Wildman–Crippen MR) is 105 cm³/mol. The van der Waals surface area contributed by atoms with Gasteiger partial charge in [-0.15, -0.1) is 0 Å². The molecule has 1 aromatic heterocycles. The second kappa shape index (κ2) is 8.50. The van der Waals surface area contributed by atoms with Crippen molar-refractivity contribution < 1.29 is 14.3 Å². The van der Waals surface area contributed by atoms with Crippen LogP contribution in [0.1, 0.15) is 16.9 Å². The number of amides is 2. The first kappa shape index (κ1) is 18.7. The van der Waals surface area contributed by atoms with Gasteiger partial charge in [0.25, 0.3) is 5.91 Å². The second-order valence-electron chi connectivity index (χ2n) is 5.72. The number of aromatic nitrogens is 2. The van der Waals surface area contributed by atoms with Crippen LogP contribution in [0.5, 0.6) is 5.75 Å². The Morgan fingerprint density at radius 2 is 1.81 bits per heavy atom. The van der Waals surface area contributed by atoms with Gasteiger partial charge >= 0.3 is 0 Å². The van der Waals surface area contributed by atoms with Gasteiger partial charge in [0.1, 0.15) is 11.4 Å². The van der Waals surface area contributed by atoms with Crippen molar-refractivity contribution in [2.24, 2.45) is 5.73 Å². The molecule has 0 saturated carbocycles. The smallest absolute Gasteiger partial charge is 0.273 e. The van der Waals surface area contributed by atoms with Crippen LogP contribution in [-0.4, -0.2) is 28.6 Å². The maximum atomic E-state index is 12.4. The van der Waals surface area contributed by atoms with Crippen LogP contribution in [0.2, 0.25) is 0 Å². The average Bonchev–Trinajstić information content (AvgIpc) is 3.14. The molecular weight excluding hydrogens is 412 g/mol. The van der Waals surface area contributed by atoms with Gasteiger partial charge in [0.05, 0.1) is 18.7 Å². The van der Waals surface area contributed by atoms with E-state index >= 15 is 0 Å². The van der Waals surface area contributed by atoms with E-state index in [0.717, 1.165) is 10.0 Å². The molecule has 0 radical (unpaired) electrons. The van der Waals surface area contributed by atoms with Crippen LogP contribution < -0.4 is 15.8 Å². The number of carbonyl (C=O) groups excluding carboxylic acids is 2. The van der Waals surface area contributed by atoms with E-state index in [-0.39, 0.29) is 18.9 Å². The second-order valence-corrected chi connectivity index (χ2v) is 6.63. The summed E-state index contributed by atoms with van der Waals surface area (Å²) in [6.07, 6.45) is 0.152. The molecule has 4 N–H and O–H groups in total. The lowest BCUT2D eigenvalue weighted by Gasteiger charge is -2.07. The van der Waals surface area contributed by atoms with Gasteiger partial charge in [-0.25, -0.2) is 0 Å². The van der Waals surface area contributed by atoms with Crippen molar-refractivity contribution in [1.29, 1.82) is 0 Å². The Hall–Kier alpha value is -3.13. The van der Waals surface area contributed by atoms with Crippen molar-refractivity contribution in [2.45, 2.75) is 6.42 Å². The topological polar surface area (TPSA) is 110 Å². The number of benzene rings is 2. The van der Waals surface area contributed by atoms with Crippen molar-refractivity contribution in [3.05, 3.63) is 64.8 Å². The van der Waals surface area contributed by atoms with Crippen LogP contribution >= 0.6 is 15.9 Å². The number of anilines is 1. The van der Waals surface area contributed by atoms with Gasteiger partial charge in [-0.1, -0.05) is 28.1 Å². The molecule has 0 aliphatic carbocycles. The van der Waals surface area contributed by atoms with E-state index in [9.17, 15) is 9.59 Å². The van der Waals surface area contributed by atoms with Crippen LogP contribution in [-0.2, 0) is 4.79 Å². The molecule has 0 aliphatic rings. The molecule has 0 fully saturated rings. The van der Waals surface area contributed by atoms with E-state index in [1.807, 2.05) is 24.3 Å². The van der Waals surface area contributed by atoms with E-state index in [4.69, 9.17) is 10.5 Å². The lowest BCUT2D eigenvalue weighted by molar-refractivity contribution is -0.118. The predicted octanol–water partition coefficient (Wildman–Crippen LogP) is 3.35. The largest absolute Gasteiger partial charge is 0.493 e. The summed E-state index contributed by atoms with van der Waals surface area (Å²) in [5.74, 6) is -0.123. The van der Waals surface area contributed by atoms with Crippen molar-refractivity contribution >= 4 is 33.4 Å². The molecule has 0 bridgehead atoms. The number of hydrogen-bond acceptors (Lipinski definition) is 4. The van der Waals surface area contributed by atoms with Crippen LogP contribution in [0.4, 0.5) is 5.69 Å². The number of nitrogens with one attached hydrogen (secondary N) is 2. The number of nitrogens with two attached hydrogens (primary N) is 1. The minimum Gasteiger partial charge on any atom is -0.493 e. The maximum Gasteiger partial charge on any atom is 0.273 e. The molecule has 2 amide bonds. The zero-order chi connectivity index (χ0) is 19.2. The molecule has 138 valence electrons. The van der Waals surface area contributed by atoms with Gasteiger partial charge in [0.2, 0.25) is 5.91 Å². The summed E-state index contributed by atoms with van der Waals surface area (Å²) in [5, 5.41) is 9.71. The summed E-state index contributed by atoms with van der Waals surface area (Å²) in [5.41, 5.74) is 7.62. The molecule has 0 unspecified atom stereocenters. The zero-order valence-electron chi connectivity index (χ0n) is 14.2. The van der Waals surface area contributed by atoms with Crippen LogP contribution in [0, 0.1) is 0 Å². The summed E-state index contributed by atoms with van der Waals surface area (Å²) in [6, 6.07) is 16.2. The number of halogens is 1. The third-order valence-electron chi connectivity index (χ3n) is 3.69. The summed E-state index contributed by atoms with van der Waals surface area (Å²) >= 11 is 3.39. The van der Waals surface area contributed by atoms with E-state index in [2.05, 4.69) is 31.4 Å². The van der Waals surface area contributed by atoms with Crippen LogP contribution in [0.3, 0.4) is 0 Å². The molecule has 0 aliphatic heterocycles. The monoisotopic (exact) mass is 428 g/mol. The highest BCUT2D eigenvalue weighted by Crippen LogP contribution is 2.21. The normalized spacial score (nSPS) is 10.4. The summed E-state index contributed by atoms with van der Waals surface area (Å²) in [4.78, 5) is 23.1. The fourth-order valence-electron chi connectivity index (χ4n) is 2.31. The average molecular weight is 429 g/mol. The van der Waals surface area contributed by atoms with Crippen molar-refractivity contribution in [1.82, 2.24) is 10.2 Å². The number of primary amides is 1. The number of nitrogens with zero attached hydrogens (tertiary/aromatic N) is 1. The van der Waals surface area contributed by atoms with E-state index < -0.39 is 5.91 Å². The summed E-state index contributed by atoms with van der Waals surface area (Å²) < 4.78 is 6.36. The molecule has 8 heteroatoms. The number of aromatic amines is 1. The minimum absolute atomic E-state index is 0.152. The molecule has 27 heavy (non-hydrogen) atoms. The van der Waals surface area contributed by atoms with Crippen LogP contribution in [0.25, 0.3) is 11.3 Å². The number of H-pyrrole nitrogens is 1. The van der Waals surface area contributed by atoms with Crippen molar-refractivity contribution in [3.8, 4) is 17.0 Å². The lowest BCUT2D eigenvalue weighted by atomic mass is 10.1. The zero-order valence-corrected chi connectivity index (χ0v) is 15.8. The lowest BCUT2D eigenvalue weighted by Crippen LogP contribution is -2.14. The molecule has 1 heterocycles. The highest BCUT2D eigenvalue weighted by atomic mass is 79.9. The third-order valence-corrected chi connectivity index (χ3v) is 4.22. The summed E-state index contributed by atoms with van der Waals surface area (Å²) in [7, 11) is 0. The summed E-state index contributed by atoms with van der Waals surface area (Å²) in [6.45, 7) is 0.216. The Morgan fingerprint density at radius 3 is 2.48 bits per heavy atom. The Kier molecular flexibility index (Phi) is 5.87. The van der Waals surface area contributed by atoms with E-state index in [1.54, 1.807) is 30.3 Å². The highest BCUT2D eigenvalue weighted by Gasteiger charge is 2.11. The molecule has 3 rings (SSSR count). The molecular formula is C19H17BrN4O3. The van der Waals surface area contributed by atoms with Gasteiger partial charge in [-0.2, -0.15) is 5.10 Å². The molecule has 7 nitrogen and oxygen atoms in total.